The number of carbonyl (C=O) groups excluding carboxylic acids is 1. The highest BCUT2D eigenvalue weighted by Crippen LogP contribution is 2.20. The maximum atomic E-state index is 11.0. The highest BCUT2D eigenvalue weighted by atomic mass is 16.3. The predicted molar refractivity (Wildman–Crippen MR) is 54.6 cm³/mol. The van der Waals surface area contributed by atoms with E-state index in [0.717, 1.165) is 6.42 Å². The Hall–Kier alpha value is -0.370. The zero-order valence-corrected chi connectivity index (χ0v) is 9.26. The Kier molecular flexibility index (Phi) is 5.23. The van der Waals surface area contributed by atoms with Gasteiger partial charge in [-0.2, -0.15) is 0 Å². The van der Waals surface area contributed by atoms with Crippen molar-refractivity contribution in [2.24, 2.45) is 5.92 Å². The second-order valence-corrected chi connectivity index (χ2v) is 4.26. The molecule has 13 heavy (non-hydrogen) atoms. The van der Waals surface area contributed by atoms with Crippen LogP contribution in [0.5, 0.6) is 0 Å². The molecule has 0 aromatic rings. The standard InChI is InChI=1S/C11H22O2/c1-5-6-9(2)7-8-11(4,13)10(3)12/h9,13H,5-8H2,1-4H3. The maximum Gasteiger partial charge on any atom is 0.160 e. The molecular weight excluding hydrogens is 164 g/mol. The average Bonchev–Trinajstić information content (AvgIpc) is 2.01. The summed E-state index contributed by atoms with van der Waals surface area (Å²) in [5, 5.41) is 9.66. The molecule has 0 amide bonds. The van der Waals surface area contributed by atoms with Gasteiger partial charge in [0, 0.05) is 0 Å². The van der Waals surface area contributed by atoms with E-state index < -0.39 is 5.60 Å². The molecule has 0 aliphatic carbocycles. The van der Waals surface area contributed by atoms with E-state index in [1.165, 1.54) is 19.8 Å². The number of rotatable bonds is 6. The van der Waals surface area contributed by atoms with E-state index >= 15 is 0 Å². The van der Waals surface area contributed by atoms with Crippen LogP contribution in [0.15, 0.2) is 0 Å². The molecule has 0 saturated carbocycles. The third-order valence-corrected chi connectivity index (χ3v) is 2.66. The van der Waals surface area contributed by atoms with Gasteiger partial charge in [0.2, 0.25) is 0 Å². The van der Waals surface area contributed by atoms with Crippen LogP contribution in [0.4, 0.5) is 0 Å². The first kappa shape index (κ1) is 12.6. The molecule has 2 nitrogen and oxygen atoms in total. The SMILES string of the molecule is CCCC(C)CCC(C)(O)C(C)=O. The molecule has 78 valence electrons. The van der Waals surface area contributed by atoms with Crippen LogP contribution < -0.4 is 0 Å². The highest BCUT2D eigenvalue weighted by Gasteiger charge is 2.26. The van der Waals surface area contributed by atoms with Crippen LogP contribution in [-0.4, -0.2) is 16.5 Å². The summed E-state index contributed by atoms with van der Waals surface area (Å²) in [6, 6.07) is 0. The smallest absolute Gasteiger partial charge is 0.160 e. The number of hydrogen-bond acceptors (Lipinski definition) is 2. The Morgan fingerprint density at radius 1 is 1.46 bits per heavy atom. The number of Topliss-reactive ketones (excluding diaryl/α,β-unsaturated/α-hetero) is 1. The molecule has 0 heterocycles. The second-order valence-electron chi connectivity index (χ2n) is 4.26. The summed E-state index contributed by atoms with van der Waals surface area (Å²) >= 11 is 0. The van der Waals surface area contributed by atoms with Gasteiger partial charge in [-0.25, -0.2) is 0 Å². The molecule has 0 fully saturated rings. The van der Waals surface area contributed by atoms with E-state index in [1.54, 1.807) is 6.92 Å². The van der Waals surface area contributed by atoms with Crippen molar-refractivity contribution < 1.29 is 9.90 Å². The molecule has 1 N–H and O–H groups in total. The molecule has 2 heteroatoms. The quantitative estimate of drug-likeness (QED) is 0.692. The fraction of sp³-hybridized carbons (Fsp3) is 0.909. The number of ketones is 1. The lowest BCUT2D eigenvalue weighted by atomic mass is 9.90. The minimum Gasteiger partial charge on any atom is -0.382 e. The first-order valence-corrected chi connectivity index (χ1v) is 5.13. The molecule has 0 aliphatic heterocycles. The van der Waals surface area contributed by atoms with Gasteiger partial charge >= 0.3 is 0 Å². The second kappa shape index (κ2) is 5.38. The van der Waals surface area contributed by atoms with Gasteiger partial charge in [0.1, 0.15) is 5.60 Å². The molecular formula is C11H22O2. The minimum atomic E-state index is -1.11. The topological polar surface area (TPSA) is 37.3 Å². The monoisotopic (exact) mass is 186 g/mol. The lowest BCUT2D eigenvalue weighted by Crippen LogP contribution is -2.33. The van der Waals surface area contributed by atoms with Crippen molar-refractivity contribution in [2.45, 2.75) is 59.0 Å². The van der Waals surface area contributed by atoms with Gasteiger partial charge < -0.3 is 5.11 Å². The first-order valence-electron chi connectivity index (χ1n) is 5.13. The molecule has 0 aromatic carbocycles. The van der Waals surface area contributed by atoms with Crippen molar-refractivity contribution in [2.75, 3.05) is 0 Å². The Bertz CT molecular complexity index is 161. The van der Waals surface area contributed by atoms with Crippen molar-refractivity contribution in [1.82, 2.24) is 0 Å². The Morgan fingerprint density at radius 3 is 2.38 bits per heavy atom. The van der Waals surface area contributed by atoms with Crippen LogP contribution in [0.3, 0.4) is 0 Å². The van der Waals surface area contributed by atoms with Crippen molar-refractivity contribution in [3.8, 4) is 0 Å². The molecule has 0 rings (SSSR count). The van der Waals surface area contributed by atoms with Gasteiger partial charge in [0.25, 0.3) is 0 Å². The van der Waals surface area contributed by atoms with Crippen LogP contribution in [0.1, 0.15) is 53.4 Å². The summed E-state index contributed by atoms with van der Waals surface area (Å²) in [6.45, 7) is 7.37. The summed E-state index contributed by atoms with van der Waals surface area (Å²) in [6.07, 6.45) is 3.86. The fourth-order valence-corrected chi connectivity index (χ4v) is 1.34. The number of hydrogen-bond donors (Lipinski definition) is 1. The fourth-order valence-electron chi connectivity index (χ4n) is 1.34. The molecule has 0 bridgehead atoms. The highest BCUT2D eigenvalue weighted by molar-refractivity contribution is 5.84. The molecule has 2 atom stereocenters. The zero-order chi connectivity index (χ0) is 10.5. The largest absolute Gasteiger partial charge is 0.382 e. The van der Waals surface area contributed by atoms with E-state index in [-0.39, 0.29) is 5.78 Å². The van der Waals surface area contributed by atoms with Gasteiger partial charge in [-0.05, 0) is 32.6 Å². The molecule has 0 radical (unpaired) electrons. The molecule has 0 saturated heterocycles. The number of carbonyl (C=O) groups is 1. The van der Waals surface area contributed by atoms with Gasteiger partial charge in [-0.1, -0.05) is 26.7 Å². The van der Waals surface area contributed by atoms with E-state index in [1.807, 2.05) is 0 Å². The maximum absolute atomic E-state index is 11.0. The lowest BCUT2D eigenvalue weighted by Gasteiger charge is -2.21. The van der Waals surface area contributed by atoms with E-state index in [0.29, 0.717) is 12.3 Å². The third-order valence-electron chi connectivity index (χ3n) is 2.66. The Morgan fingerprint density at radius 2 is 2.00 bits per heavy atom. The predicted octanol–water partition coefficient (Wildman–Crippen LogP) is 2.54. The summed E-state index contributed by atoms with van der Waals surface area (Å²) < 4.78 is 0. The summed E-state index contributed by atoms with van der Waals surface area (Å²) in [5.41, 5.74) is -1.11. The summed E-state index contributed by atoms with van der Waals surface area (Å²) in [7, 11) is 0. The van der Waals surface area contributed by atoms with E-state index in [2.05, 4.69) is 13.8 Å². The van der Waals surface area contributed by atoms with Crippen molar-refractivity contribution in [3.63, 3.8) is 0 Å². The Balaban J connectivity index is 3.80. The number of aliphatic hydroxyl groups is 1. The van der Waals surface area contributed by atoms with Crippen LogP contribution in [0.2, 0.25) is 0 Å². The van der Waals surface area contributed by atoms with E-state index in [4.69, 9.17) is 0 Å². The summed E-state index contributed by atoms with van der Waals surface area (Å²) in [5.74, 6) is 0.479. The van der Waals surface area contributed by atoms with Crippen LogP contribution in [-0.2, 0) is 4.79 Å². The van der Waals surface area contributed by atoms with Gasteiger partial charge in [0.15, 0.2) is 5.78 Å². The van der Waals surface area contributed by atoms with Gasteiger partial charge in [-0.15, -0.1) is 0 Å². The molecule has 0 aliphatic rings. The van der Waals surface area contributed by atoms with Crippen molar-refractivity contribution in [3.05, 3.63) is 0 Å². The third kappa shape index (κ3) is 5.04. The summed E-state index contributed by atoms with van der Waals surface area (Å²) in [4.78, 5) is 11.0. The van der Waals surface area contributed by atoms with Crippen molar-refractivity contribution >= 4 is 5.78 Å². The minimum absolute atomic E-state index is 0.129. The average molecular weight is 186 g/mol. The Labute approximate surface area is 81.3 Å². The van der Waals surface area contributed by atoms with Crippen LogP contribution in [0, 0.1) is 5.92 Å². The van der Waals surface area contributed by atoms with Crippen LogP contribution in [0.25, 0.3) is 0 Å². The van der Waals surface area contributed by atoms with Gasteiger partial charge in [0.05, 0.1) is 0 Å². The van der Waals surface area contributed by atoms with Crippen molar-refractivity contribution in [1.29, 1.82) is 0 Å². The first-order chi connectivity index (χ1) is 5.90. The molecule has 0 spiro atoms. The van der Waals surface area contributed by atoms with Crippen LogP contribution >= 0.6 is 0 Å². The zero-order valence-electron chi connectivity index (χ0n) is 9.26. The molecule has 2 unspecified atom stereocenters. The molecule has 0 aromatic heterocycles. The lowest BCUT2D eigenvalue weighted by molar-refractivity contribution is -0.134. The van der Waals surface area contributed by atoms with Gasteiger partial charge in [-0.3, -0.25) is 4.79 Å². The normalized spacial score (nSPS) is 17.9. The van der Waals surface area contributed by atoms with E-state index in [9.17, 15) is 9.90 Å².